The molecule has 0 aliphatic heterocycles. The Morgan fingerprint density at radius 1 is 1.50 bits per heavy atom. The normalized spacial score (nSPS) is 8.75. The molecule has 4 heteroatoms. The molecule has 0 rings (SSSR count). The van der Waals surface area contributed by atoms with E-state index < -0.39 is 5.97 Å². The molecule has 0 atom stereocenters. The van der Waals surface area contributed by atoms with Crippen molar-refractivity contribution in [2.75, 3.05) is 19.8 Å². The van der Waals surface area contributed by atoms with E-state index in [1.165, 1.54) is 5.94 Å². The summed E-state index contributed by atoms with van der Waals surface area (Å²) in [6.07, 6.45) is 1.07. The number of esters is 1. The van der Waals surface area contributed by atoms with Gasteiger partial charge in [0.1, 0.15) is 12.5 Å². The third-order valence-electron chi connectivity index (χ3n) is 1.05. The summed E-state index contributed by atoms with van der Waals surface area (Å²) in [4.78, 5) is 20.3. The predicted octanol–water partition coefficient (Wildman–Crippen LogP) is 0.344. The van der Waals surface area contributed by atoms with Gasteiger partial charge in [-0.15, -0.1) is 0 Å². The van der Waals surface area contributed by atoms with E-state index in [0.29, 0.717) is 13.2 Å². The highest BCUT2D eigenvalue weighted by Crippen LogP contribution is 1.86. The Kier molecular flexibility index (Phi) is 7.24. The van der Waals surface area contributed by atoms with E-state index in [1.807, 2.05) is 6.92 Å². The Morgan fingerprint density at radius 2 is 2.25 bits per heavy atom. The maximum absolute atomic E-state index is 10.7. The second-order valence-electron chi connectivity index (χ2n) is 1.94. The van der Waals surface area contributed by atoms with Crippen LogP contribution < -0.4 is 0 Å². The molecule has 12 heavy (non-hydrogen) atoms. The number of carbonyl (C=O) groups excluding carboxylic acids is 2. The van der Waals surface area contributed by atoms with Gasteiger partial charge in [0.2, 0.25) is 0 Å². The summed E-state index contributed by atoms with van der Waals surface area (Å²) < 4.78 is 9.60. The van der Waals surface area contributed by atoms with E-state index in [-0.39, 0.29) is 13.0 Å². The molecule has 0 aliphatic rings. The monoisotopic (exact) mass is 172 g/mol. The van der Waals surface area contributed by atoms with Crippen molar-refractivity contribution in [1.29, 1.82) is 0 Å². The molecule has 0 bridgehead atoms. The fraction of sp³-hybridized carbons (Fsp3) is 0.625. The predicted molar refractivity (Wildman–Crippen MR) is 42.3 cm³/mol. The van der Waals surface area contributed by atoms with Gasteiger partial charge in [0, 0.05) is 12.7 Å². The average molecular weight is 172 g/mol. The van der Waals surface area contributed by atoms with Crippen LogP contribution >= 0.6 is 0 Å². The fourth-order valence-corrected chi connectivity index (χ4v) is 0.543. The van der Waals surface area contributed by atoms with Crippen molar-refractivity contribution >= 4 is 11.9 Å². The molecular formula is C8H12O4. The van der Waals surface area contributed by atoms with Crippen LogP contribution in [0.15, 0.2) is 6.08 Å². The first-order valence-corrected chi connectivity index (χ1v) is 3.74. The van der Waals surface area contributed by atoms with E-state index in [9.17, 15) is 9.59 Å². The molecule has 0 amide bonds. The van der Waals surface area contributed by atoms with Crippen molar-refractivity contribution in [3.8, 4) is 0 Å². The molecule has 0 N–H and O–H groups in total. The van der Waals surface area contributed by atoms with E-state index in [4.69, 9.17) is 4.74 Å². The molecular weight excluding hydrogens is 160 g/mol. The van der Waals surface area contributed by atoms with Crippen molar-refractivity contribution in [2.24, 2.45) is 0 Å². The van der Waals surface area contributed by atoms with Gasteiger partial charge in [0.25, 0.3) is 0 Å². The van der Waals surface area contributed by atoms with Gasteiger partial charge < -0.3 is 9.47 Å². The molecule has 0 radical (unpaired) electrons. The minimum atomic E-state index is -0.432. The van der Waals surface area contributed by atoms with Crippen molar-refractivity contribution in [3.05, 3.63) is 6.08 Å². The summed E-state index contributed by atoms with van der Waals surface area (Å²) in [5.41, 5.74) is 0. The third kappa shape index (κ3) is 6.99. The van der Waals surface area contributed by atoms with Gasteiger partial charge in [-0.2, -0.15) is 0 Å². The minimum Gasteiger partial charge on any atom is -0.463 e. The molecule has 0 unspecified atom stereocenters. The Balaban J connectivity index is 3.25. The largest absolute Gasteiger partial charge is 0.463 e. The van der Waals surface area contributed by atoms with Crippen LogP contribution in [-0.2, 0) is 19.1 Å². The van der Waals surface area contributed by atoms with Gasteiger partial charge in [-0.1, -0.05) is 0 Å². The molecule has 0 fully saturated rings. The molecule has 0 saturated carbocycles. The van der Waals surface area contributed by atoms with Gasteiger partial charge in [-0.05, 0) is 6.92 Å². The minimum absolute atomic E-state index is 0.0182. The van der Waals surface area contributed by atoms with Gasteiger partial charge in [0.05, 0.1) is 13.0 Å². The Morgan fingerprint density at radius 3 is 2.83 bits per heavy atom. The molecule has 0 aromatic carbocycles. The first-order valence-electron chi connectivity index (χ1n) is 3.74. The standard InChI is InChI=1S/C8H12O4/c1-2-11-6-7-12-8(10)4-3-5-9/h3H,2,4,6-7H2,1H3. The average Bonchev–Trinajstić information content (AvgIpc) is 2.09. The van der Waals surface area contributed by atoms with Crippen LogP contribution in [0.2, 0.25) is 0 Å². The van der Waals surface area contributed by atoms with Crippen LogP contribution in [0.4, 0.5) is 0 Å². The van der Waals surface area contributed by atoms with E-state index in [0.717, 1.165) is 6.08 Å². The van der Waals surface area contributed by atoms with Crippen LogP contribution in [0.5, 0.6) is 0 Å². The maximum atomic E-state index is 10.7. The summed E-state index contributed by atoms with van der Waals surface area (Å²) >= 11 is 0. The molecule has 0 heterocycles. The first kappa shape index (κ1) is 10.9. The zero-order chi connectivity index (χ0) is 9.23. The molecule has 0 aliphatic carbocycles. The first-order chi connectivity index (χ1) is 5.81. The summed E-state index contributed by atoms with van der Waals surface area (Å²) in [7, 11) is 0. The Labute approximate surface area is 71.2 Å². The highest BCUT2D eigenvalue weighted by Gasteiger charge is 1.98. The quantitative estimate of drug-likeness (QED) is 0.329. The summed E-state index contributed by atoms with van der Waals surface area (Å²) in [6.45, 7) is 3.09. The highest BCUT2D eigenvalue weighted by molar-refractivity contribution is 5.73. The number of carbonyl (C=O) groups is 1. The van der Waals surface area contributed by atoms with Crippen LogP contribution in [0.3, 0.4) is 0 Å². The Hall–Kier alpha value is -1.12. The number of hydrogen-bond donors (Lipinski definition) is 0. The van der Waals surface area contributed by atoms with Gasteiger partial charge in [-0.3, -0.25) is 4.79 Å². The SMILES string of the molecule is CCOCCOC(=O)CC=C=O. The number of hydrogen-bond acceptors (Lipinski definition) is 4. The van der Waals surface area contributed by atoms with Gasteiger partial charge in [-0.25, -0.2) is 4.79 Å². The number of ether oxygens (including phenoxy) is 2. The van der Waals surface area contributed by atoms with Crippen LogP contribution in [0.1, 0.15) is 13.3 Å². The maximum Gasteiger partial charge on any atom is 0.310 e. The van der Waals surface area contributed by atoms with Crippen LogP contribution in [0.25, 0.3) is 0 Å². The lowest BCUT2D eigenvalue weighted by atomic mass is 10.4. The lowest BCUT2D eigenvalue weighted by molar-refractivity contribution is -0.144. The van der Waals surface area contributed by atoms with Crippen LogP contribution in [-0.4, -0.2) is 31.7 Å². The van der Waals surface area contributed by atoms with Crippen molar-refractivity contribution in [1.82, 2.24) is 0 Å². The lowest BCUT2D eigenvalue weighted by Crippen LogP contribution is -2.09. The van der Waals surface area contributed by atoms with Crippen LogP contribution in [0, 0.1) is 0 Å². The zero-order valence-electron chi connectivity index (χ0n) is 7.04. The fourth-order valence-electron chi connectivity index (χ4n) is 0.543. The van der Waals surface area contributed by atoms with Crippen molar-refractivity contribution in [3.63, 3.8) is 0 Å². The van der Waals surface area contributed by atoms with Crippen molar-refractivity contribution < 1.29 is 19.1 Å². The zero-order valence-corrected chi connectivity index (χ0v) is 7.04. The van der Waals surface area contributed by atoms with E-state index >= 15 is 0 Å². The lowest BCUT2D eigenvalue weighted by Gasteiger charge is -2.01. The number of rotatable bonds is 6. The molecule has 4 nitrogen and oxygen atoms in total. The summed E-state index contributed by atoms with van der Waals surface area (Å²) in [6, 6.07) is 0. The molecule has 0 spiro atoms. The molecule has 0 aromatic rings. The third-order valence-corrected chi connectivity index (χ3v) is 1.05. The van der Waals surface area contributed by atoms with E-state index in [2.05, 4.69) is 4.74 Å². The summed E-state index contributed by atoms with van der Waals surface area (Å²) in [5.74, 6) is 1.06. The topological polar surface area (TPSA) is 52.6 Å². The molecule has 0 aromatic heterocycles. The smallest absolute Gasteiger partial charge is 0.310 e. The van der Waals surface area contributed by atoms with Gasteiger partial charge in [0.15, 0.2) is 0 Å². The summed E-state index contributed by atoms with van der Waals surface area (Å²) in [5, 5.41) is 0. The van der Waals surface area contributed by atoms with Crippen molar-refractivity contribution in [2.45, 2.75) is 13.3 Å². The van der Waals surface area contributed by atoms with E-state index in [1.54, 1.807) is 0 Å². The molecule has 68 valence electrons. The Bertz CT molecular complexity index is 170. The highest BCUT2D eigenvalue weighted by atomic mass is 16.6. The molecule has 0 saturated heterocycles. The van der Waals surface area contributed by atoms with Gasteiger partial charge >= 0.3 is 5.97 Å². The second-order valence-corrected chi connectivity index (χ2v) is 1.94. The second kappa shape index (κ2) is 7.98.